The normalized spacial score (nSPS) is 21.0. The molecule has 0 saturated carbocycles. The van der Waals surface area contributed by atoms with Crippen LogP contribution in [0.4, 0.5) is 0 Å². The molecule has 0 spiro atoms. The Balaban J connectivity index is 2.40. The van der Waals surface area contributed by atoms with Crippen molar-refractivity contribution in [3.8, 4) is 0 Å². The minimum Gasteiger partial charge on any atom is -0.0857 e. The van der Waals surface area contributed by atoms with E-state index in [9.17, 15) is 0 Å². The van der Waals surface area contributed by atoms with E-state index in [4.69, 9.17) is 0 Å². The van der Waals surface area contributed by atoms with Crippen LogP contribution in [0.3, 0.4) is 0 Å². The van der Waals surface area contributed by atoms with Crippen molar-refractivity contribution >= 4 is 38.5 Å². The highest BCUT2D eigenvalue weighted by molar-refractivity contribution is 14.1. The number of benzene rings is 1. The first-order valence-corrected chi connectivity index (χ1v) is 6.47. The molecule has 0 saturated heterocycles. The molecule has 2 rings (SSSR count). The van der Waals surface area contributed by atoms with Gasteiger partial charge in [-0.1, -0.05) is 44.6 Å². The summed E-state index contributed by atoms with van der Waals surface area (Å²) in [5, 5.41) is 0. The van der Waals surface area contributed by atoms with Gasteiger partial charge in [0.05, 0.1) is 0 Å². The number of fused-ring (bicyclic) bond motifs is 1. The molecular formula is C10H10BrI. The quantitative estimate of drug-likeness (QED) is 0.538. The summed E-state index contributed by atoms with van der Waals surface area (Å²) >= 11 is 5.99. The Morgan fingerprint density at radius 2 is 2.33 bits per heavy atom. The van der Waals surface area contributed by atoms with Crippen LogP contribution in [0.25, 0.3) is 0 Å². The van der Waals surface area contributed by atoms with Gasteiger partial charge >= 0.3 is 0 Å². The summed E-state index contributed by atoms with van der Waals surface area (Å²) in [6, 6.07) is 6.70. The third-order valence-corrected chi connectivity index (χ3v) is 4.05. The third-order valence-electron chi connectivity index (χ3n) is 2.49. The van der Waals surface area contributed by atoms with E-state index in [1.165, 1.54) is 21.7 Å². The molecule has 0 nitrogen and oxygen atoms in total. The summed E-state index contributed by atoms with van der Waals surface area (Å²) in [4.78, 5) is 0. The van der Waals surface area contributed by atoms with Crippen molar-refractivity contribution in [2.75, 3.05) is 4.43 Å². The zero-order valence-corrected chi connectivity index (χ0v) is 10.4. The third kappa shape index (κ3) is 1.55. The van der Waals surface area contributed by atoms with Crippen LogP contribution >= 0.6 is 38.5 Å². The Morgan fingerprint density at radius 1 is 1.50 bits per heavy atom. The topological polar surface area (TPSA) is 0 Å². The first-order valence-electron chi connectivity index (χ1n) is 4.15. The lowest BCUT2D eigenvalue weighted by molar-refractivity contribution is 0.767. The molecule has 1 aromatic rings. The molecule has 12 heavy (non-hydrogen) atoms. The van der Waals surface area contributed by atoms with E-state index >= 15 is 0 Å². The highest BCUT2D eigenvalue weighted by Crippen LogP contribution is 2.35. The van der Waals surface area contributed by atoms with Gasteiger partial charge in [0.1, 0.15) is 0 Å². The fourth-order valence-corrected chi connectivity index (χ4v) is 3.16. The summed E-state index contributed by atoms with van der Waals surface area (Å²) in [6.45, 7) is 0. The molecule has 0 aromatic heterocycles. The van der Waals surface area contributed by atoms with Crippen LogP contribution in [0.5, 0.6) is 0 Å². The summed E-state index contributed by atoms with van der Waals surface area (Å²) in [7, 11) is 0. The second kappa shape index (κ2) is 3.66. The molecule has 1 aliphatic rings. The van der Waals surface area contributed by atoms with Crippen molar-refractivity contribution in [2.24, 2.45) is 0 Å². The molecule has 0 N–H and O–H groups in total. The Kier molecular flexibility index (Phi) is 2.75. The van der Waals surface area contributed by atoms with E-state index in [1.807, 2.05) is 0 Å². The molecule has 2 heteroatoms. The van der Waals surface area contributed by atoms with Crippen LogP contribution in [0.15, 0.2) is 22.7 Å². The number of halogens is 2. The Hall–Kier alpha value is 0.430. The Morgan fingerprint density at radius 3 is 3.08 bits per heavy atom. The summed E-state index contributed by atoms with van der Waals surface area (Å²) < 4.78 is 2.47. The lowest BCUT2D eigenvalue weighted by Gasteiger charge is -2.06. The average molecular weight is 337 g/mol. The van der Waals surface area contributed by atoms with Crippen molar-refractivity contribution in [3.63, 3.8) is 0 Å². The van der Waals surface area contributed by atoms with E-state index < -0.39 is 0 Å². The molecule has 0 aliphatic heterocycles. The van der Waals surface area contributed by atoms with Crippen LogP contribution in [0.2, 0.25) is 0 Å². The van der Waals surface area contributed by atoms with Gasteiger partial charge in [0.15, 0.2) is 0 Å². The lowest BCUT2D eigenvalue weighted by Crippen LogP contribution is -1.92. The molecule has 0 unspecified atom stereocenters. The highest BCUT2D eigenvalue weighted by atomic mass is 127. The van der Waals surface area contributed by atoms with Crippen molar-refractivity contribution in [2.45, 2.75) is 18.8 Å². The van der Waals surface area contributed by atoms with E-state index in [-0.39, 0.29) is 0 Å². The second-order valence-corrected chi connectivity index (χ2v) is 5.03. The molecular weight excluding hydrogens is 327 g/mol. The summed E-state index contributed by atoms with van der Waals surface area (Å²) in [5.74, 6) is 0.814. The van der Waals surface area contributed by atoms with Crippen LogP contribution in [0, 0.1) is 0 Å². The molecule has 1 aliphatic carbocycles. The fourth-order valence-electron chi connectivity index (χ4n) is 1.83. The van der Waals surface area contributed by atoms with Gasteiger partial charge in [-0.3, -0.25) is 0 Å². The smallest absolute Gasteiger partial charge is 0.0178 e. The maximum Gasteiger partial charge on any atom is 0.0178 e. The van der Waals surface area contributed by atoms with Crippen molar-refractivity contribution in [1.82, 2.24) is 0 Å². The van der Waals surface area contributed by atoms with Gasteiger partial charge in [-0.15, -0.1) is 0 Å². The van der Waals surface area contributed by atoms with Gasteiger partial charge in [-0.2, -0.15) is 0 Å². The van der Waals surface area contributed by atoms with Crippen LogP contribution in [0.1, 0.15) is 23.5 Å². The van der Waals surface area contributed by atoms with Gasteiger partial charge in [0, 0.05) is 8.90 Å². The van der Waals surface area contributed by atoms with Crippen molar-refractivity contribution < 1.29 is 0 Å². The summed E-state index contributed by atoms with van der Waals surface area (Å²) in [5.41, 5.74) is 3.12. The van der Waals surface area contributed by atoms with E-state index in [0.29, 0.717) is 0 Å². The molecule has 0 fully saturated rings. The predicted molar refractivity (Wildman–Crippen MR) is 64.1 cm³/mol. The monoisotopic (exact) mass is 336 g/mol. The maximum absolute atomic E-state index is 3.50. The van der Waals surface area contributed by atoms with Crippen molar-refractivity contribution in [1.29, 1.82) is 0 Å². The number of aryl methyl sites for hydroxylation is 1. The Labute approximate surface area is 95.0 Å². The van der Waals surface area contributed by atoms with E-state index in [2.05, 4.69) is 56.7 Å². The zero-order chi connectivity index (χ0) is 8.55. The van der Waals surface area contributed by atoms with Gasteiger partial charge in [0.25, 0.3) is 0 Å². The molecule has 0 radical (unpaired) electrons. The van der Waals surface area contributed by atoms with Gasteiger partial charge in [-0.05, 0) is 42.0 Å². The number of hydrogen-bond donors (Lipinski definition) is 0. The minimum atomic E-state index is 0.814. The first-order chi connectivity index (χ1) is 5.81. The zero-order valence-electron chi connectivity index (χ0n) is 6.69. The van der Waals surface area contributed by atoms with Crippen molar-refractivity contribution in [3.05, 3.63) is 33.8 Å². The molecule has 1 aromatic carbocycles. The second-order valence-electron chi connectivity index (χ2n) is 3.23. The predicted octanol–water partition coefficient (Wildman–Crippen LogP) is 3.91. The summed E-state index contributed by atoms with van der Waals surface area (Å²) in [6.07, 6.45) is 2.61. The Bertz CT molecular complexity index is 296. The number of hydrogen-bond acceptors (Lipinski definition) is 0. The van der Waals surface area contributed by atoms with E-state index in [1.54, 1.807) is 11.1 Å². The largest absolute Gasteiger partial charge is 0.0857 e. The molecule has 64 valence electrons. The van der Waals surface area contributed by atoms with Gasteiger partial charge in [0.2, 0.25) is 0 Å². The number of rotatable bonds is 1. The first kappa shape index (κ1) is 9.00. The van der Waals surface area contributed by atoms with Crippen LogP contribution in [-0.4, -0.2) is 4.43 Å². The van der Waals surface area contributed by atoms with Crippen LogP contribution in [-0.2, 0) is 6.42 Å². The lowest BCUT2D eigenvalue weighted by atomic mass is 10.0. The van der Waals surface area contributed by atoms with E-state index in [0.717, 1.165) is 5.92 Å². The SMILES string of the molecule is Brc1ccc2c(c1)CC[C@H]2CI. The van der Waals surface area contributed by atoms with Gasteiger partial charge < -0.3 is 0 Å². The number of alkyl halides is 1. The fraction of sp³-hybridized carbons (Fsp3) is 0.400. The minimum absolute atomic E-state index is 0.814. The molecule has 0 heterocycles. The molecule has 1 atom stereocenters. The highest BCUT2D eigenvalue weighted by Gasteiger charge is 2.20. The molecule has 0 amide bonds. The maximum atomic E-state index is 3.50. The molecule has 0 bridgehead atoms. The van der Waals surface area contributed by atoms with Gasteiger partial charge in [-0.25, -0.2) is 0 Å². The van der Waals surface area contributed by atoms with Crippen LogP contribution < -0.4 is 0 Å². The average Bonchev–Trinajstić information content (AvgIpc) is 2.46. The standard InChI is InChI=1S/C10H10BrI/c11-9-3-4-10-7(5-9)1-2-8(10)6-12/h3-5,8H,1-2,6H2/t8-/m0/s1.